The lowest BCUT2D eigenvalue weighted by molar-refractivity contribution is -0.120. The minimum Gasteiger partial charge on any atom is -0.366 e. The van der Waals surface area contributed by atoms with E-state index in [1.807, 2.05) is 43.3 Å². The van der Waals surface area contributed by atoms with Crippen LogP contribution in [0.4, 0.5) is 15.8 Å². The average Bonchev–Trinajstić information content (AvgIpc) is 3.37. The highest BCUT2D eigenvalue weighted by Crippen LogP contribution is 2.39. The molecule has 0 saturated carbocycles. The Morgan fingerprint density at radius 2 is 1.76 bits per heavy atom. The van der Waals surface area contributed by atoms with Gasteiger partial charge in [0, 0.05) is 39.8 Å². The summed E-state index contributed by atoms with van der Waals surface area (Å²) >= 11 is 0. The summed E-state index contributed by atoms with van der Waals surface area (Å²) < 4.78 is 13.3. The van der Waals surface area contributed by atoms with E-state index in [1.165, 1.54) is 24.3 Å². The lowest BCUT2D eigenvalue weighted by Gasteiger charge is -2.21. The Kier molecular flexibility index (Phi) is 7.18. The number of aromatic nitrogens is 1. The van der Waals surface area contributed by atoms with Gasteiger partial charge in [0.1, 0.15) is 5.82 Å². The van der Waals surface area contributed by atoms with Gasteiger partial charge in [0.05, 0.1) is 17.0 Å². The maximum Gasteiger partial charge on any atom is 0.255 e. The molecule has 1 saturated heterocycles. The Hall–Kier alpha value is -5.02. The van der Waals surface area contributed by atoms with Gasteiger partial charge in [-0.05, 0) is 91.5 Å². The zero-order valence-corrected chi connectivity index (χ0v) is 23.0. The van der Waals surface area contributed by atoms with Crippen molar-refractivity contribution in [1.82, 2.24) is 10.3 Å². The van der Waals surface area contributed by atoms with Gasteiger partial charge in [-0.15, -0.1) is 0 Å². The molecule has 1 aliphatic heterocycles. The molecule has 3 amide bonds. The monoisotopic (exact) mass is 563 g/mol. The second kappa shape index (κ2) is 11.1. The second-order valence-corrected chi connectivity index (χ2v) is 10.6. The quantitative estimate of drug-likeness (QED) is 0.181. The van der Waals surface area contributed by atoms with E-state index in [-0.39, 0.29) is 17.7 Å². The Morgan fingerprint density at radius 3 is 2.50 bits per heavy atom. The molecule has 0 spiro atoms. The molecule has 6 rings (SSSR count). The summed E-state index contributed by atoms with van der Waals surface area (Å²) in [5.74, 6) is -1.43. The van der Waals surface area contributed by atoms with Crippen molar-refractivity contribution >= 4 is 50.9 Å². The molecule has 1 unspecified atom stereocenters. The number of benzene rings is 4. The number of nitrogens with one attached hydrogen (secondary N) is 4. The first-order valence-corrected chi connectivity index (χ1v) is 13.9. The summed E-state index contributed by atoms with van der Waals surface area (Å²) in [6.07, 6.45) is 1.82. The number of carbonyl (C=O) groups is 3. The van der Waals surface area contributed by atoms with Crippen molar-refractivity contribution in [2.24, 2.45) is 11.7 Å². The van der Waals surface area contributed by atoms with Crippen LogP contribution in [0.1, 0.15) is 39.1 Å². The van der Waals surface area contributed by atoms with Gasteiger partial charge >= 0.3 is 0 Å². The van der Waals surface area contributed by atoms with Crippen LogP contribution in [-0.4, -0.2) is 35.8 Å². The Labute approximate surface area is 241 Å². The predicted octanol–water partition coefficient (Wildman–Crippen LogP) is 5.72. The van der Waals surface area contributed by atoms with E-state index in [0.29, 0.717) is 34.6 Å². The normalized spacial score (nSPS) is 15.0. The minimum absolute atomic E-state index is 0.0219. The van der Waals surface area contributed by atoms with Crippen molar-refractivity contribution in [2.45, 2.75) is 19.8 Å². The molecule has 8 nitrogen and oxygen atoms in total. The first kappa shape index (κ1) is 27.2. The SMILES string of the molecule is Cc1c(NC(=O)c2ccc(F)cc2)cccc1-c1ccc(C(N)=O)c2[nH]c3cc(NC(=O)C4CCCNC4)ccc3c12. The zero-order chi connectivity index (χ0) is 29.4. The van der Waals surface area contributed by atoms with Crippen molar-refractivity contribution in [1.29, 1.82) is 0 Å². The molecule has 5 aromatic rings. The van der Waals surface area contributed by atoms with E-state index in [2.05, 4.69) is 20.9 Å². The fraction of sp³-hybridized carbons (Fsp3) is 0.182. The van der Waals surface area contributed by atoms with Crippen LogP contribution in [0.2, 0.25) is 0 Å². The van der Waals surface area contributed by atoms with E-state index in [0.717, 1.165) is 52.4 Å². The van der Waals surface area contributed by atoms with Gasteiger partial charge in [-0.3, -0.25) is 14.4 Å². The fourth-order valence-corrected chi connectivity index (χ4v) is 5.70. The number of fused-ring (bicyclic) bond motifs is 3. The third kappa shape index (κ3) is 5.10. The summed E-state index contributed by atoms with van der Waals surface area (Å²) in [5.41, 5.74) is 11.6. The second-order valence-electron chi connectivity index (χ2n) is 10.6. The molecule has 0 aliphatic carbocycles. The largest absolute Gasteiger partial charge is 0.366 e. The standard InChI is InChI=1S/C33H30FN5O3/c1-18-23(5-2-6-27(18)39-32(41)19-7-9-21(34)10-8-19)24-13-14-26(31(35)40)30-29(24)25-12-11-22(16-28(25)38-30)37-33(42)20-4-3-15-36-17-20/h2,5-14,16,20,36,38H,3-4,15,17H2,1H3,(H2,35,40)(H,37,42)(H,39,41). The maximum atomic E-state index is 13.3. The first-order chi connectivity index (χ1) is 20.3. The molecule has 212 valence electrons. The number of anilines is 2. The van der Waals surface area contributed by atoms with Crippen molar-refractivity contribution in [3.05, 3.63) is 95.3 Å². The number of piperidine rings is 1. The summed E-state index contributed by atoms with van der Waals surface area (Å²) in [6.45, 7) is 3.50. The van der Waals surface area contributed by atoms with Crippen molar-refractivity contribution < 1.29 is 18.8 Å². The smallest absolute Gasteiger partial charge is 0.255 e. The Balaban J connectivity index is 1.40. The number of hydrogen-bond donors (Lipinski definition) is 5. The van der Waals surface area contributed by atoms with Crippen LogP contribution in [0.15, 0.2) is 72.8 Å². The van der Waals surface area contributed by atoms with Gasteiger partial charge in [-0.1, -0.05) is 24.3 Å². The summed E-state index contributed by atoms with van der Waals surface area (Å²) in [7, 11) is 0. The van der Waals surface area contributed by atoms with Crippen LogP contribution in [-0.2, 0) is 4.79 Å². The van der Waals surface area contributed by atoms with Gasteiger partial charge < -0.3 is 26.7 Å². The third-order valence-corrected chi connectivity index (χ3v) is 7.93. The highest BCUT2D eigenvalue weighted by atomic mass is 19.1. The van der Waals surface area contributed by atoms with Crippen LogP contribution in [0.25, 0.3) is 32.9 Å². The number of H-pyrrole nitrogens is 1. The molecule has 1 aliphatic rings. The number of primary amides is 1. The lowest BCUT2D eigenvalue weighted by Crippen LogP contribution is -2.37. The van der Waals surface area contributed by atoms with Crippen LogP contribution in [0.3, 0.4) is 0 Å². The number of nitrogens with two attached hydrogens (primary N) is 1. The topological polar surface area (TPSA) is 129 Å². The van der Waals surface area contributed by atoms with E-state index < -0.39 is 11.7 Å². The fourth-order valence-electron chi connectivity index (χ4n) is 5.70. The number of amides is 3. The number of rotatable bonds is 6. The highest BCUT2D eigenvalue weighted by molar-refractivity contribution is 6.20. The van der Waals surface area contributed by atoms with Crippen molar-refractivity contribution in [2.75, 3.05) is 23.7 Å². The maximum absolute atomic E-state index is 13.3. The Bertz CT molecular complexity index is 1860. The lowest BCUT2D eigenvalue weighted by atomic mass is 9.93. The first-order valence-electron chi connectivity index (χ1n) is 13.9. The third-order valence-electron chi connectivity index (χ3n) is 7.93. The molecule has 1 atom stereocenters. The summed E-state index contributed by atoms with van der Waals surface area (Å²) in [5, 5.41) is 10.9. The molecule has 1 aromatic heterocycles. The highest BCUT2D eigenvalue weighted by Gasteiger charge is 2.22. The molecule has 4 aromatic carbocycles. The number of halogens is 1. The molecule has 6 N–H and O–H groups in total. The van der Waals surface area contributed by atoms with Crippen LogP contribution in [0.5, 0.6) is 0 Å². The molecule has 0 radical (unpaired) electrons. The molecule has 2 heterocycles. The summed E-state index contributed by atoms with van der Waals surface area (Å²) in [4.78, 5) is 41.5. The van der Waals surface area contributed by atoms with Crippen molar-refractivity contribution in [3.63, 3.8) is 0 Å². The van der Waals surface area contributed by atoms with Gasteiger partial charge in [-0.25, -0.2) is 4.39 Å². The summed E-state index contributed by atoms with van der Waals surface area (Å²) in [6, 6.07) is 20.2. The van der Waals surface area contributed by atoms with Crippen LogP contribution >= 0.6 is 0 Å². The molecule has 9 heteroatoms. The van der Waals surface area contributed by atoms with E-state index in [4.69, 9.17) is 5.73 Å². The van der Waals surface area contributed by atoms with E-state index in [1.54, 1.807) is 12.1 Å². The minimum atomic E-state index is -0.562. The average molecular weight is 564 g/mol. The zero-order valence-electron chi connectivity index (χ0n) is 23.0. The molecule has 42 heavy (non-hydrogen) atoms. The number of carbonyl (C=O) groups excluding carboxylic acids is 3. The number of hydrogen-bond acceptors (Lipinski definition) is 4. The van der Waals surface area contributed by atoms with Crippen LogP contribution < -0.4 is 21.7 Å². The Morgan fingerprint density at radius 1 is 0.952 bits per heavy atom. The molecule has 0 bridgehead atoms. The van der Waals surface area contributed by atoms with E-state index >= 15 is 0 Å². The van der Waals surface area contributed by atoms with Crippen molar-refractivity contribution in [3.8, 4) is 11.1 Å². The molecular formula is C33H30FN5O3. The van der Waals surface area contributed by atoms with E-state index in [9.17, 15) is 18.8 Å². The van der Waals surface area contributed by atoms with Gasteiger partial charge in [0.25, 0.3) is 11.8 Å². The number of aromatic amines is 1. The predicted molar refractivity (Wildman–Crippen MR) is 163 cm³/mol. The van der Waals surface area contributed by atoms with Gasteiger partial charge in [0.15, 0.2) is 0 Å². The van der Waals surface area contributed by atoms with Gasteiger partial charge in [-0.2, -0.15) is 0 Å². The molecule has 1 fully saturated rings. The molecular weight excluding hydrogens is 533 g/mol. The van der Waals surface area contributed by atoms with Crippen LogP contribution in [0, 0.1) is 18.7 Å². The van der Waals surface area contributed by atoms with Gasteiger partial charge in [0.2, 0.25) is 5.91 Å².